The van der Waals surface area contributed by atoms with Crippen molar-refractivity contribution in [3.8, 4) is 0 Å². The number of hydrogen-bond acceptors (Lipinski definition) is 3. The molecular weight excluding hydrogens is 258 g/mol. The molecule has 0 aliphatic heterocycles. The lowest BCUT2D eigenvalue weighted by Gasteiger charge is -2.27. The van der Waals surface area contributed by atoms with E-state index in [1.54, 1.807) is 10.9 Å². The van der Waals surface area contributed by atoms with Gasteiger partial charge < -0.3 is 10.4 Å². The number of aromatic nitrogens is 2. The fourth-order valence-electron chi connectivity index (χ4n) is 2.75. The summed E-state index contributed by atoms with van der Waals surface area (Å²) in [6.07, 6.45) is 6.28. The second kappa shape index (κ2) is 6.54. The van der Waals surface area contributed by atoms with E-state index in [1.807, 2.05) is 19.2 Å². The molecule has 0 spiro atoms. The number of rotatable bonds is 5. The maximum atomic E-state index is 12.2. The zero-order chi connectivity index (χ0) is 14.5. The molecule has 1 aromatic rings. The maximum Gasteiger partial charge on any atom is 0.306 e. The molecule has 0 aromatic carbocycles. The van der Waals surface area contributed by atoms with Crippen molar-refractivity contribution < 1.29 is 14.7 Å². The SMILES string of the molecule is CC(Cn1cccn1)NC(=O)C1CCCC(C(=O)O)C1. The molecule has 2 N–H and O–H groups in total. The summed E-state index contributed by atoms with van der Waals surface area (Å²) in [6.45, 7) is 2.55. The van der Waals surface area contributed by atoms with Gasteiger partial charge in [0.2, 0.25) is 5.91 Å². The van der Waals surface area contributed by atoms with Gasteiger partial charge in [-0.25, -0.2) is 0 Å². The van der Waals surface area contributed by atoms with Gasteiger partial charge in [-0.1, -0.05) is 6.42 Å². The fourth-order valence-corrected chi connectivity index (χ4v) is 2.75. The third kappa shape index (κ3) is 3.82. The molecule has 1 heterocycles. The third-order valence-corrected chi connectivity index (χ3v) is 3.80. The molecule has 1 amide bonds. The molecule has 1 aromatic heterocycles. The van der Waals surface area contributed by atoms with Crippen LogP contribution in [0.2, 0.25) is 0 Å². The minimum atomic E-state index is -0.785. The first-order valence-corrected chi connectivity index (χ1v) is 7.07. The molecular formula is C14H21N3O3. The third-order valence-electron chi connectivity index (χ3n) is 3.80. The number of hydrogen-bond donors (Lipinski definition) is 2. The number of carboxylic acids is 1. The highest BCUT2D eigenvalue weighted by atomic mass is 16.4. The van der Waals surface area contributed by atoms with E-state index in [-0.39, 0.29) is 23.8 Å². The molecule has 0 saturated heterocycles. The fraction of sp³-hybridized carbons (Fsp3) is 0.643. The molecule has 20 heavy (non-hydrogen) atoms. The van der Waals surface area contributed by atoms with Gasteiger partial charge in [-0.15, -0.1) is 0 Å². The predicted molar refractivity (Wildman–Crippen MR) is 72.9 cm³/mol. The molecule has 0 radical (unpaired) electrons. The van der Waals surface area contributed by atoms with Crippen molar-refractivity contribution in [3.05, 3.63) is 18.5 Å². The standard InChI is InChI=1S/C14H21N3O3/c1-10(9-17-7-3-6-15-17)16-13(18)11-4-2-5-12(8-11)14(19)20/h3,6-7,10-12H,2,4-5,8-9H2,1H3,(H,16,18)(H,19,20). The van der Waals surface area contributed by atoms with Crippen LogP contribution in [0.5, 0.6) is 0 Å². The summed E-state index contributed by atoms with van der Waals surface area (Å²) in [7, 11) is 0. The zero-order valence-corrected chi connectivity index (χ0v) is 11.7. The van der Waals surface area contributed by atoms with E-state index < -0.39 is 5.97 Å². The molecule has 6 heteroatoms. The van der Waals surface area contributed by atoms with Gasteiger partial charge in [-0.05, 0) is 32.3 Å². The quantitative estimate of drug-likeness (QED) is 0.850. The summed E-state index contributed by atoms with van der Waals surface area (Å²) >= 11 is 0. The first-order chi connectivity index (χ1) is 9.56. The zero-order valence-electron chi connectivity index (χ0n) is 11.7. The Kier molecular flexibility index (Phi) is 4.76. The Morgan fingerprint density at radius 3 is 2.85 bits per heavy atom. The number of carbonyl (C=O) groups is 2. The number of nitrogens with zero attached hydrogens (tertiary/aromatic N) is 2. The van der Waals surface area contributed by atoms with Gasteiger partial charge in [0.05, 0.1) is 12.5 Å². The van der Waals surface area contributed by atoms with Crippen LogP contribution in [0.4, 0.5) is 0 Å². The van der Waals surface area contributed by atoms with Gasteiger partial charge in [0.25, 0.3) is 0 Å². The summed E-state index contributed by atoms with van der Waals surface area (Å²) in [5.74, 6) is -1.37. The van der Waals surface area contributed by atoms with Gasteiger partial charge in [-0.2, -0.15) is 5.10 Å². The molecule has 2 rings (SSSR count). The normalized spacial score (nSPS) is 24.1. The summed E-state index contributed by atoms with van der Waals surface area (Å²) in [6, 6.07) is 1.82. The monoisotopic (exact) mass is 279 g/mol. The van der Waals surface area contributed by atoms with Gasteiger partial charge in [0.15, 0.2) is 0 Å². The first kappa shape index (κ1) is 14.6. The highest BCUT2D eigenvalue weighted by Crippen LogP contribution is 2.29. The van der Waals surface area contributed by atoms with Crippen molar-refractivity contribution >= 4 is 11.9 Å². The van der Waals surface area contributed by atoms with Crippen LogP contribution >= 0.6 is 0 Å². The van der Waals surface area contributed by atoms with Crippen molar-refractivity contribution in [2.45, 2.75) is 45.2 Å². The predicted octanol–water partition coefficient (Wildman–Crippen LogP) is 1.28. The molecule has 3 unspecified atom stereocenters. The topological polar surface area (TPSA) is 84.2 Å². The van der Waals surface area contributed by atoms with E-state index in [4.69, 9.17) is 5.11 Å². The summed E-state index contributed by atoms with van der Waals surface area (Å²) in [5, 5.41) is 16.1. The summed E-state index contributed by atoms with van der Waals surface area (Å²) < 4.78 is 1.77. The smallest absolute Gasteiger partial charge is 0.306 e. The molecule has 3 atom stereocenters. The lowest BCUT2D eigenvalue weighted by Crippen LogP contribution is -2.41. The largest absolute Gasteiger partial charge is 0.481 e. The van der Waals surface area contributed by atoms with Crippen LogP contribution in [0.3, 0.4) is 0 Å². The van der Waals surface area contributed by atoms with Crippen molar-refractivity contribution in [2.24, 2.45) is 11.8 Å². The van der Waals surface area contributed by atoms with Gasteiger partial charge in [0.1, 0.15) is 0 Å². The number of carboxylic acid groups (broad SMARTS) is 1. The van der Waals surface area contributed by atoms with Crippen LogP contribution in [-0.4, -0.2) is 32.8 Å². The van der Waals surface area contributed by atoms with Gasteiger partial charge >= 0.3 is 5.97 Å². The molecule has 0 bridgehead atoms. The minimum Gasteiger partial charge on any atom is -0.481 e. The summed E-state index contributed by atoms with van der Waals surface area (Å²) in [4.78, 5) is 23.2. The van der Waals surface area contributed by atoms with Crippen molar-refractivity contribution in [1.82, 2.24) is 15.1 Å². The summed E-state index contributed by atoms with van der Waals surface area (Å²) in [5.41, 5.74) is 0. The molecule has 1 aliphatic carbocycles. The van der Waals surface area contributed by atoms with Gasteiger partial charge in [-0.3, -0.25) is 14.3 Å². The first-order valence-electron chi connectivity index (χ1n) is 7.07. The van der Waals surface area contributed by atoms with E-state index in [0.29, 0.717) is 19.4 Å². The van der Waals surface area contributed by atoms with E-state index in [9.17, 15) is 9.59 Å². The minimum absolute atomic E-state index is 0.0207. The van der Waals surface area contributed by atoms with Crippen LogP contribution in [0.15, 0.2) is 18.5 Å². The highest BCUT2D eigenvalue weighted by molar-refractivity contribution is 5.80. The second-order valence-electron chi connectivity index (χ2n) is 5.54. The Morgan fingerprint density at radius 2 is 2.20 bits per heavy atom. The Hall–Kier alpha value is -1.85. The lowest BCUT2D eigenvalue weighted by molar-refractivity contribution is -0.144. The van der Waals surface area contributed by atoms with Crippen LogP contribution in [0, 0.1) is 11.8 Å². The van der Waals surface area contributed by atoms with Crippen molar-refractivity contribution in [3.63, 3.8) is 0 Å². The second-order valence-corrected chi connectivity index (χ2v) is 5.54. The number of amides is 1. The van der Waals surface area contributed by atoms with Crippen molar-refractivity contribution in [2.75, 3.05) is 0 Å². The number of nitrogens with one attached hydrogen (secondary N) is 1. The number of aliphatic carboxylic acids is 1. The van der Waals surface area contributed by atoms with E-state index in [0.717, 1.165) is 12.8 Å². The van der Waals surface area contributed by atoms with E-state index in [1.165, 1.54) is 0 Å². The van der Waals surface area contributed by atoms with E-state index in [2.05, 4.69) is 10.4 Å². The van der Waals surface area contributed by atoms with Crippen LogP contribution < -0.4 is 5.32 Å². The Labute approximate surface area is 118 Å². The molecule has 1 fully saturated rings. The van der Waals surface area contributed by atoms with Gasteiger partial charge in [0, 0.05) is 24.4 Å². The molecule has 1 saturated carbocycles. The Bertz CT molecular complexity index is 458. The molecule has 6 nitrogen and oxygen atoms in total. The Balaban J connectivity index is 1.83. The van der Waals surface area contributed by atoms with Crippen LogP contribution in [0.25, 0.3) is 0 Å². The maximum absolute atomic E-state index is 12.2. The average Bonchev–Trinajstić information content (AvgIpc) is 2.91. The van der Waals surface area contributed by atoms with Crippen LogP contribution in [0.1, 0.15) is 32.6 Å². The highest BCUT2D eigenvalue weighted by Gasteiger charge is 2.31. The van der Waals surface area contributed by atoms with Crippen molar-refractivity contribution in [1.29, 1.82) is 0 Å². The Morgan fingerprint density at radius 1 is 1.45 bits per heavy atom. The molecule has 1 aliphatic rings. The lowest BCUT2D eigenvalue weighted by atomic mass is 9.81. The molecule has 110 valence electrons. The van der Waals surface area contributed by atoms with Crippen LogP contribution in [-0.2, 0) is 16.1 Å². The number of carbonyl (C=O) groups excluding carboxylic acids is 1. The average molecular weight is 279 g/mol. The van der Waals surface area contributed by atoms with E-state index >= 15 is 0 Å².